The average Bonchev–Trinajstić information content (AvgIpc) is 3.67. The Balaban J connectivity index is 1.42. The van der Waals surface area contributed by atoms with E-state index in [1.807, 2.05) is 25.3 Å². The first-order valence-electron chi connectivity index (χ1n) is 18.4. The van der Waals surface area contributed by atoms with Gasteiger partial charge in [0.1, 0.15) is 52.6 Å². The molecular formula is C42H42N4O7. The maximum atomic E-state index is 13.7. The van der Waals surface area contributed by atoms with Crippen LogP contribution in [0.1, 0.15) is 85.6 Å². The molecule has 0 saturated heterocycles. The molecule has 272 valence electrons. The van der Waals surface area contributed by atoms with Crippen LogP contribution in [0.2, 0.25) is 0 Å². The third-order valence-corrected chi connectivity index (χ3v) is 12.6. The van der Waals surface area contributed by atoms with Crippen molar-refractivity contribution in [2.24, 2.45) is 11.3 Å². The fourth-order valence-electron chi connectivity index (χ4n) is 9.80. The number of allylic oxidation sites excluding steroid dienone is 4. The molecule has 3 atom stereocenters. The molecular weight excluding hydrogens is 672 g/mol. The van der Waals surface area contributed by atoms with E-state index in [2.05, 4.69) is 16.0 Å². The number of esters is 1. The second-order valence-corrected chi connectivity index (χ2v) is 15.5. The van der Waals surface area contributed by atoms with Gasteiger partial charge in [0.2, 0.25) is 0 Å². The molecule has 1 saturated carbocycles. The Morgan fingerprint density at radius 3 is 2.64 bits per heavy atom. The quantitative estimate of drug-likeness (QED) is 0.149. The minimum atomic E-state index is -1.22. The molecule has 6 N–H and O–H groups in total. The van der Waals surface area contributed by atoms with Crippen molar-refractivity contribution in [1.82, 2.24) is 9.97 Å². The molecule has 1 spiro atoms. The Morgan fingerprint density at radius 1 is 1.09 bits per heavy atom. The molecule has 11 nitrogen and oxygen atoms in total. The van der Waals surface area contributed by atoms with Crippen LogP contribution in [0, 0.1) is 11.3 Å². The van der Waals surface area contributed by atoms with Gasteiger partial charge in [0.15, 0.2) is 11.0 Å². The highest BCUT2D eigenvalue weighted by molar-refractivity contribution is 5.94. The summed E-state index contributed by atoms with van der Waals surface area (Å²) < 4.78 is 20.0. The van der Waals surface area contributed by atoms with Gasteiger partial charge in [0.25, 0.3) is 0 Å². The Hall–Kier alpha value is -5.42. The van der Waals surface area contributed by atoms with Gasteiger partial charge >= 0.3 is 5.97 Å². The number of aromatic nitrogens is 2. The lowest BCUT2D eigenvalue weighted by Crippen LogP contribution is -2.57. The van der Waals surface area contributed by atoms with Gasteiger partial charge in [0.05, 0.1) is 0 Å². The molecule has 3 aromatic heterocycles. The summed E-state index contributed by atoms with van der Waals surface area (Å²) in [4.78, 5) is 36.5. The molecule has 0 amide bonds. The summed E-state index contributed by atoms with van der Waals surface area (Å²) in [7, 11) is 0. The van der Waals surface area contributed by atoms with Crippen molar-refractivity contribution in [3.8, 4) is 11.5 Å². The van der Waals surface area contributed by atoms with E-state index in [-0.39, 0.29) is 40.7 Å². The maximum absolute atomic E-state index is 13.7. The standard InChI is InChI=1S/C42H42N4O7/c1-4-20(2)40(50)52-31-16-25-36(49)35-30(48)15-24(19-47)51-38(35)26-11-21-7-10-45-39(44)33(21)27-17-42(8-5-6-9-42)29-12-22-14-32(43)46-18-23(22)13-28(34(27)29)41(31,3)53-37(25)26/h4,7,10,14-15,17-18,28,31,47,49H,5-6,8-9,11-13,16,19H2,1-3H3,(H2,43,46)(H2,44,45). The highest BCUT2D eigenvalue weighted by Gasteiger charge is 2.57. The number of nitrogen functional groups attached to an aromatic ring is 2. The molecule has 4 aromatic rings. The van der Waals surface area contributed by atoms with Gasteiger partial charge in [-0.25, -0.2) is 14.8 Å². The molecule has 0 radical (unpaired) electrons. The zero-order chi connectivity index (χ0) is 37.0. The third kappa shape index (κ3) is 4.82. The molecule has 2 bridgehead atoms. The van der Waals surface area contributed by atoms with E-state index < -0.39 is 35.6 Å². The summed E-state index contributed by atoms with van der Waals surface area (Å²) in [5, 5.41) is 22.0. The van der Waals surface area contributed by atoms with Gasteiger partial charge in [-0.15, -0.1) is 0 Å². The number of anilines is 2. The molecule has 3 aliphatic carbocycles. The van der Waals surface area contributed by atoms with E-state index in [9.17, 15) is 19.8 Å². The third-order valence-electron chi connectivity index (χ3n) is 12.6. The number of rotatable bonds is 3. The fourth-order valence-corrected chi connectivity index (χ4v) is 9.80. The van der Waals surface area contributed by atoms with Crippen LogP contribution in [0.4, 0.5) is 11.6 Å². The number of nitrogens with zero attached hydrogens (tertiary/aromatic N) is 2. The lowest BCUT2D eigenvalue weighted by atomic mass is 9.69. The fraction of sp³-hybridized carbons (Fsp3) is 0.381. The number of carbonyl (C=O) groups excluding carboxylic acids is 1. The summed E-state index contributed by atoms with van der Waals surface area (Å²) >= 11 is 0. The Labute approximate surface area is 306 Å². The Morgan fingerprint density at radius 2 is 1.89 bits per heavy atom. The number of carbonyl (C=O) groups is 1. The number of aliphatic hydroxyl groups is 1. The summed E-state index contributed by atoms with van der Waals surface area (Å²) in [5.74, 6) is 0.0328. The van der Waals surface area contributed by atoms with Crippen LogP contribution < -0.4 is 21.6 Å². The minimum Gasteiger partial charge on any atom is -0.507 e. The van der Waals surface area contributed by atoms with Crippen LogP contribution in [0.3, 0.4) is 0 Å². The van der Waals surface area contributed by atoms with Gasteiger partial charge < -0.3 is 35.6 Å². The summed E-state index contributed by atoms with van der Waals surface area (Å²) in [6.07, 6.45) is 12.3. The second kappa shape index (κ2) is 11.8. The molecule has 3 unspecified atom stereocenters. The minimum absolute atomic E-state index is 0.0292. The number of aliphatic hydroxyl groups excluding tert-OH is 1. The van der Waals surface area contributed by atoms with Crippen LogP contribution in [-0.2, 0) is 41.8 Å². The summed E-state index contributed by atoms with van der Waals surface area (Å²) in [6, 6.07) is 5.09. The second-order valence-electron chi connectivity index (χ2n) is 15.5. The van der Waals surface area contributed by atoms with Crippen LogP contribution in [-0.4, -0.2) is 37.9 Å². The van der Waals surface area contributed by atoms with Gasteiger partial charge in [0, 0.05) is 64.9 Å². The van der Waals surface area contributed by atoms with E-state index in [0.717, 1.165) is 59.1 Å². The summed E-state index contributed by atoms with van der Waals surface area (Å²) in [5.41, 5.74) is 19.9. The molecule has 9 rings (SSSR count). The molecule has 53 heavy (non-hydrogen) atoms. The highest BCUT2D eigenvalue weighted by atomic mass is 16.6. The van der Waals surface area contributed by atoms with E-state index in [4.69, 9.17) is 25.4 Å². The summed E-state index contributed by atoms with van der Waals surface area (Å²) in [6.45, 7) is 4.96. The van der Waals surface area contributed by atoms with E-state index >= 15 is 0 Å². The number of pyridine rings is 2. The number of hydrogen-bond acceptors (Lipinski definition) is 11. The zero-order valence-electron chi connectivity index (χ0n) is 30.0. The number of hydrogen-bond donors (Lipinski definition) is 4. The van der Waals surface area contributed by atoms with Crippen molar-refractivity contribution in [3.63, 3.8) is 0 Å². The molecule has 11 heteroatoms. The van der Waals surface area contributed by atoms with Gasteiger partial charge in [-0.2, -0.15) is 0 Å². The van der Waals surface area contributed by atoms with Crippen LogP contribution in [0.15, 0.2) is 68.7 Å². The first kappa shape index (κ1) is 33.4. The molecule has 5 heterocycles. The van der Waals surface area contributed by atoms with Gasteiger partial charge in [-0.3, -0.25) is 4.79 Å². The van der Waals surface area contributed by atoms with Gasteiger partial charge in [-0.05, 0) is 86.4 Å². The molecule has 5 aliphatic rings. The number of benzene rings is 1. The normalized spacial score (nSPS) is 23.8. The van der Waals surface area contributed by atoms with Crippen molar-refractivity contribution in [3.05, 3.63) is 109 Å². The molecule has 1 fully saturated rings. The first-order valence-corrected chi connectivity index (χ1v) is 18.4. The van der Waals surface area contributed by atoms with E-state index in [1.165, 1.54) is 11.6 Å². The Kier molecular flexibility index (Phi) is 7.44. The van der Waals surface area contributed by atoms with Crippen molar-refractivity contribution in [2.75, 3.05) is 11.5 Å². The van der Waals surface area contributed by atoms with Crippen LogP contribution in [0.5, 0.6) is 11.5 Å². The maximum Gasteiger partial charge on any atom is 0.333 e. The highest BCUT2D eigenvalue weighted by Crippen LogP contribution is 2.62. The zero-order valence-corrected chi connectivity index (χ0v) is 30.0. The smallest absolute Gasteiger partial charge is 0.333 e. The Bertz CT molecular complexity index is 2440. The predicted molar refractivity (Wildman–Crippen MR) is 199 cm³/mol. The monoisotopic (exact) mass is 714 g/mol. The molecule has 2 aliphatic heterocycles. The van der Waals surface area contributed by atoms with E-state index in [0.29, 0.717) is 46.9 Å². The average molecular weight is 715 g/mol. The lowest BCUT2D eigenvalue weighted by Gasteiger charge is -2.48. The van der Waals surface area contributed by atoms with Crippen molar-refractivity contribution >= 4 is 34.1 Å². The van der Waals surface area contributed by atoms with E-state index in [1.54, 1.807) is 26.1 Å². The number of ether oxygens (including phenoxy) is 2. The largest absolute Gasteiger partial charge is 0.507 e. The lowest BCUT2D eigenvalue weighted by molar-refractivity contribution is -0.162. The van der Waals surface area contributed by atoms with Crippen molar-refractivity contribution in [2.45, 2.75) is 90.4 Å². The van der Waals surface area contributed by atoms with Crippen molar-refractivity contribution in [1.29, 1.82) is 0 Å². The number of fused-ring (bicyclic) bond motifs is 8. The molecule has 1 aromatic carbocycles. The van der Waals surface area contributed by atoms with Gasteiger partial charge in [-0.1, -0.05) is 30.6 Å². The predicted octanol–water partition coefficient (Wildman–Crippen LogP) is 5.79. The number of phenolic OH excluding ortho intramolecular Hbond substituents is 1. The number of nitrogens with two attached hydrogens (primary N) is 2. The topological polar surface area (TPSA) is 184 Å². The van der Waals surface area contributed by atoms with Crippen LogP contribution in [0.25, 0.3) is 16.5 Å². The first-order chi connectivity index (χ1) is 25.5. The van der Waals surface area contributed by atoms with Crippen molar-refractivity contribution < 1.29 is 28.9 Å². The number of aromatic hydroxyl groups is 1. The van der Waals surface area contributed by atoms with Crippen LogP contribution >= 0.6 is 0 Å². The SMILES string of the molecule is CC=C(C)C(=O)OC1Cc2c3c(c4oc(CO)cc(=O)c4c2O)Cc2ccnc(N)c2C2=CC4(CCCC4)C4=C2C(Cc2cnc(N)cc2C4)C1(C)O3. The number of phenols is 1.